The van der Waals surface area contributed by atoms with Crippen molar-refractivity contribution in [3.63, 3.8) is 0 Å². The number of aromatic nitrogens is 4. The van der Waals surface area contributed by atoms with Crippen LogP contribution in [0.25, 0.3) is 16.7 Å². The van der Waals surface area contributed by atoms with E-state index in [1.165, 1.54) is 29.4 Å². The summed E-state index contributed by atoms with van der Waals surface area (Å²) in [5.74, 6) is 0. The van der Waals surface area contributed by atoms with E-state index < -0.39 is 26.3 Å². The Labute approximate surface area is 191 Å². The average Bonchev–Trinajstić information content (AvgIpc) is 3.17. The van der Waals surface area contributed by atoms with Crippen LogP contribution in [0.4, 0.5) is 5.69 Å². The average molecular weight is 446 g/mol. The van der Waals surface area contributed by atoms with Crippen LogP contribution in [0.1, 0.15) is 12.8 Å². The molecule has 0 unspecified atom stereocenters. The molecule has 0 aliphatic heterocycles. The van der Waals surface area contributed by atoms with Crippen LogP contribution in [-0.2, 0) is 16.8 Å². The van der Waals surface area contributed by atoms with Gasteiger partial charge in [-0.15, -0.1) is 0 Å². The van der Waals surface area contributed by atoms with Gasteiger partial charge in [-0.05, 0) is 18.9 Å². The Kier molecular flexibility index (Phi) is 7.68. The molecule has 0 spiro atoms. The van der Waals surface area contributed by atoms with Gasteiger partial charge in [0.1, 0.15) is 5.69 Å². The molecule has 13 nitrogen and oxygen atoms in total. The third-order valence-corrected chi connectivity index (χ3v) is 4.70. The summed E-state index contributed by atoms with van der Waals surface area (Å²) in [5, 5.41) is 11.5. The molecule has 0 saturated heterocycles. The van der Waals surface area contributed by atoms with Crippen LogP contribution in [0.2, 0.25) is 0 Å². The molecule has 3 aromatic rings. The normalized spacial score (nSPS) is 11.4. The van der Waals surface area contributed by atoms with E-state index in [1.54, 1.807) is 4.72 Å². The Morgan fingerprint density at radius 2 is 1.97 bits per heavy atom. The van der Waals surface area contributed by atoms with E-state index >= 15 is 0 Å². The third kappa shape index (κ3) is 5.41. The second kappa shape index (κ2) is 9.63. The first-order valence-electron chi connectivity index (χ1n) is 8.31. The minimum absolute atomic E-state index is 0. The van der Waals surface area contributed by atoms with Crippen molar-refractivity contribution in [3.05, 3.63) is 61.7 Å². The molecule has 0 radical (unpaired) electrons. The van der Waals surface area contributed by atoms with Gasteiger partial charge in [-0.2, -0.15) is 0 Å². The number of hydrogen-bond donors (Lipinski definition) is 2. The summed E-state index contributed by atoms with van der Waals surface area (Å²) in [6, 6.07) is 2.56. The summed E-state index contributed by atoms with van der Waals surface area (Å²) >= 11 is 0. The fourth-order valence-corrected chi connectivity index (χ4v) is 3.26. The van der Waals surface area contributed by atoms with E-state index in [4.69, 9.17) is 0 Å². The second-order valence-corrected chi connectivity index (χ2v) is 7.25. The van der Waals surface area contributed by atoms with E-state index in [0.717, 1.165) is 10.6 Å². The number of nitrogens with zero attached hydrogens (tertiary/aromatic N) is 4. The van der Waals surface area contributed by atoms with Gasteiger partial charge in [0.25, 0.3) is 5.69 Å². The van der Waals surface area contributed by atoms with E-state index in [0.29, 0.717) is 0 Å². The summed E-state index contributed by atoms with van der Waals surface area (Å²) < 4.78 is 36.0. The number of nitro benzene ring substituents is 1. The van der Waals surface area contributed by atoms with Crippen molar-refractivity contribution < 1.29 is 47.5 Å². The monoisotopic (exact) mass is 446 g/mol. The van der Waals surface area contributed by atoms with Crippen molar-refractivity contribution in [1.29, 1.82) is 0 Å². The van der Waals surface area contributed by atoms with E-state index in [1.807, 2.05) is 0 Å². The summed E-state index contributed by atoms with van der Waals surface area (Å²) in [6.07, 6.45) is 4.81. The van der Waals surface area contributed by atoms with Crippen molar-refractivity contribution in [2.24, 2.45) is 0 Å². The molecule has 0 fully saturated rings. The summed E-state index contributed by atoms with van der Waals surface area (Å²) in [4.78, 5) is 41.3. The first kappa shape index (κ1) is 23.9. The Morgan fingerprint density at radius 1 is 1.23 bits per heavy atom. The van der Waals surface area contributed by atoms with Crippen LogP contribution < -0.4 is 45.4 Å². The number of hydrogen-bond acceptors (Lipinski definition) is 8. The predicted molar refractivity (Wildman–Crippen MR) is 99.5 cm³/mol. The molecule has 30 heavy (non-hydrogen) atoms. The van der Waals surface area contributed by atoms with Crippen molar-refractivity contribution in [3.8, 4) is 5.69 Å². The van der Waals surface area contributed by atoms with E-state index in [2.05, 4.69) is 9.97 Å². The number of aromatic amines is 1. The summed E-state index contributed by atoms with van der Waals surface area (Å²) in [6.45, 7) is -0.0749. The number of rotatable bonds is 8. The van der Waals surface area contributed by atoms with E-state index in [9.17, 15) is 32.7 Å². The molecule has 0 aliphatic carbocycles. The first-order valence-corrected chi connectivity index (χ1v) is 9.72. The Balaban J connectivity index is 0.00000320. The smallest absolute Gasteiger partial charge is 0.735 e. The minimum atomic E-state index is -4.56. The fraction of sp³-hybridized carbons (Fsp3) is 0.267. The van der Waals surface area contributed by atoms with E-state index in [-0.39, 0.29) is 77.9 Å². The van der Waals surface area contributed by atoms with Gasteiger partial charge in [-0.1, -0.05) is 0 Å². The zero-order valence-corrected chi connectivity index (χ0v) is 18.6. The number of nitro groups is 1. The number of fused-ring (bicyclic) bond motifs is 1. The molecule has 15 heteroatoms. The standard InChI is InChI=1S/C15H16N6O7S.Na/c22-14-15(23)20(5-2-1-3-17-29(26,27)28)11-8-12(19-6-4-16-9-19)13(21(24)25)7-10(11)18-14;/h4,6-9,17H,1-3,5H2,(H,18,22)(H,26,27,28);/q;+1/p-1. The molecule has 2 aromatic heterocycles. The van der Waals surface area contributed by atoms with Gasteiger partial charge >= 0.3 is 40.7 Å². The number of unbranched alkanes of at least 4 members (excludes halogenated alkanes) is 1. The molecule has 2 heterocycles. The van der Waals surface area contributed by atoms with Gasteiger partial charge in [-0.25, -0.2) is 18.1 Å². The minimum Gasteiger partial charge on any atom is -0.735 e. The Morgan fingerprint density at radius 3 is 2.57 bits per heavy atom. The maximum atomic E-state index is 12.3. The van der Waals surface area contributed by atoms with Crippen LogP contribution in [0.5, 0.6) is 0 Å². The number of imidazole rings is 1. The number of H-pyrrole nitrogens is 1. The molecule has 2 N–H and O–H groups in total. The maximum Gasteiger partial charge on any atom is 1.00 e. The van der Waals surface area contributed by atoms with Crippen molar-refractivity contribution in [2.45, 2.75) is 19.4 Å². The van der Waals surface area contributed by atoms with Gasteiger partial charge in [0.2, 0.25) is 0 Å². The molecular formula is C15H15N6NaO7S. The van der Waals surface area contributed by atoms with Crippen molar-refractivity contribution >= 4 is 27.0 Å². The largest absolute Gasteiger partial charge is 1.00 e. The number of aryl methyl sites for hydroxylation is 1. The van der Waals surface area contributed by atoms with Crippen LogP contribution >= 0.6 is 0 Å². The van der Waals surface area contributed by atoms with Crippen LogP contribution in [0, 0.1) is 10.1 Å². The Bertz CT molecular complexity index is 1280. The summed E-state index contributed by atoms with van der Waals surface area (Å²) in [5.41, 5.74) is -1.57. The predicted octanol–water partition coefficient (Wildman–Crippen LogP) is -3.38. The van der Waals surface area contributed by atoms with Gasteiger partial charge < -0.3 is 18.7 Å². The van der Waals surface area contributed by atoms with Crippen molar-refractivity contribution in [1.82, 2.24) is 23.8 Å². The second-order valence-electron chi connectivity index (χ2n) is 6.05. The van der Waals surface area contributed by atoms with Gasteiger partial charge in [0.05, 0.1) is 22.3 Å². The van der Waals surface area contributed by atoms with Crippen molar-refractivity contribution in [2.75, 3.05) is 6.54 Å². The SMILES string of the molecule is O=c1[nH]c2cc([N+](=O)[O-])c(-n3ccnc3)cc2n(CCCCNS(=O)(=O)[O-])c1=O.[Na+]. The van der Waals surface area contributed by atoms with Gasteiger partial charge in [0, 0.05) is 31.5 Å². The van der Waals surface area contributed by atoms with Crippen LogP contribution in [0.3, 0.4) is 0 Å². The molecule has 0 bridgehead atoms. The summed E-state index contributed by atoms with van der Waals surface area (Å²) in [7, 11) is -4.56. The zero-order valence-electron chi connectivity index (χ0n) is 15.8. The fourth-order valence-electron chi connectivity index (χ4n) is 2.87. The van der Waals surface area contributed by atoms with Crippen LogP contribution in [-0.4, -0.2) is 43.5 Å². The first-order chi connectivity index (χ1) is 13.7. The molecule has 3 rings (SSSR count). The van der Waals surface area contributed by atoms with Gasteiger partial charge in [-0.3, -0.25) is 19.7 Å². The number of nitrogens with one attached hydrogen (secondary N) is 2. The molecular weight excluding hydrogens is 431 g/mol. The molecule has 0 aliphatic rings. The topological polar surface area (TPSA) is 185 Å². The molecule has 0 atom stereocenters. The number of benzene rings is 1. The molecule has 154 valence electrons. The molecule has 0 amide bonds. The van der Waals surface area contributed by atoms with Crippen LogP contribution in [0.15, 0.2) is 40.4 Å². The van der Waals surface area contributed by atoms with Gasteiger partial charge in [0.15, 0.2) is 10.3 Å². The molecule has 0 saturated carbocycles. The quantitative estimate of drug-likeness (QED) is 0.0896. The molecule has 1 aromatic carbocycles. The zero-order chi connectivity index (χ0) is 21.2. The Hall–Kier alpha value is -2.36. The third-order valence-electron chi connectivity index (χ3n) is 4.14. The maximum absolute atomic E-state index is 12.3.